The van der Waals surface area contributed by atoms with Gasteiger partial charge in [-0.15, -0.1) is 0 Å². The van der Waals surface area contributed by atoms with Crippen LogP contribution in [0.2, 0.25) is 0 Å². The Hall–Kier alpha value is -0.120. The molecule has 1 saturated carbocycles. The molecule has 0 atom stereocenters. The SMILES string of the molecule is CC(C)(CCCO)CNCC1(O)CCCCC1. The molecule has 0 saturated heterocycles. The highest BCUT2D eigenvalue weighted by molar-refractivity contribution is 4.85. The molecule has 102 valence electrons. The molecular weight excluding hydrogens is 214 g/mol. The van der Waals surface area contributed by atoms with Gasteiger partial charge in [-0.3, -0.25) is 0 Å². The molecule has 3 heteroatoms. The van der Waals surface area contributed by atoms with Crippen LogP contribution in [0.3, 0.4) is 0 Å². The van der Waals surface area contributed by atoms with Crippen LogP contribution >= 0.6 is 0 Å². The number of hydrogen-bond donors (Lipinski definition) is 3. The van der Waals surface area contributed by atoms with Crippen molar-refractivity contribution in [3.05, 3.63) is 0 Å². The second-order valence-electron chi connectivity index (χ2n) is 6.38. The average Bonchev–Trinajstić information content (AvgIpc) is 2.27. The van der Waals surface area contributed by atoms with E-state index in [1.54, 1.807) is 0 Å². The Bertz CT molecular complexity index is 210. The summed E-state index contributed by atoms with van der Waals surface area (Å²) in [7, 11) is 0. The fraction of sp³-hybridized carbons (Fsp3) is 1.00. The molecule has 1 rings (SSSR count). The molecule has 1 fully saturated rings. The first-order valence-corrected chi connectivity index (χ1v) is 7.01. The fourth-order valence-corrected chi connectivity index (χ4v) is 2.67. The summed E-state index contributed by atoms with van der Waals surface area (Å²) >= 11 is 0. The van der Waals surface area contributed by atoms with Crippen LogP contribution in [0.15, 0.2) is 0 Å². The second kappa shape index (κ2) is 6.72. The van der Waals surface area contributed by atoms with Gasteiger partial charge in [0.05, 0.1) is 5.60 Å². The number of rotatable bonds is 7. The molecule has 0 aromatic rings. The van der Waals surface area contributed by atoms with Gasteiger partial charge in [0.2, 0.25) is 0 Å². The minimum absolute atomic E-state index is 0.202. The minimum Gasteiger partial charge on any atom is -0.396 e. The topological polar surface area (TPSA) is 52.5 Å². The summed E-state index contributed by atoms with van der Waals surface area (Å²) in [5, 5.41) is 22.6. The van der Waals surface area contributed by atoms with Crippen LogP contribution in [0.25, 0.3) is 0 Å². The maximum Gasteiger partial charge on any atom is 0.0771 e. The molecule has 1 aliphatic carbocycles. The highest BCUT2D eigenvalue weighted by atomic mass is 16.3. The lowest BCUT2D eigenvalue weighted by Crippen LogP contribution is -2.44. The third-order valence-electron chi connectivity index (χ3n) is 3.85. The largest absolute Gasteiger partial charge is 0.396 e. The standard InChI is InChI=1S/C14H29NO2/c1-13(2,7-6-10-16)11-15-12-14(17)8-4-3-5-9-14/h15-17H,3-12H2,1-2H3. The van der Waals surface area contributed by atoms with E-state index in [9.17, 15) is 5.11 Å². The third-order valence-corrected chi connectivity index (χ3v) is 3.85. The van der Waals surface area contributed by atoms with Gasteiger partial charge in [0.1, 0.15) is 0 Å². The first kappa shape index (κ1) is 14.9. The Morgan fingerprint density at radius 3 is 2.41 bits per heavy atom. The van der Waals surface area contributed by atoms with Crippen molar-refractivity contribution in [3.8, 4) is 0 Å². The van der Waals surface area contributed by atoms with Gasteiger partial charge in [0.25, 0.3) is 0 Å². The van der Waals surface area contributed by atoms with Crippen molar-refractivity contribution in [3.63, 3.8) is 0 Å². The molecule has 0 radical (unpaired) electrons. The number of hydrogen-bond acceptors (Lipinski definition) is 3. The van der Waals surface area contributed by atoms with Gasteiger partial charge < -0.3 is 15.5 Å². The van der Waals surface area contributed by atoms with Gasteiger partial charge in [-0.05, 0) is 31.1 Å². The summed E-state index contributed by atoms with van der Waals surface area (Å²) in [5.41, 5.74) is -0.265. The lowest BCUT2D eigenvalue weighted by molar-refractivity contribution is 0.00309. The first-order valence-electron chi connectivity index (χ1n) is 7.01. The van der Waals surface area contributed by atoms with Gasteiger partial charge in [-0.1, -0.05) is 33.1 Å². The molecule has 0 heterocycles. The van der Waals surface area contributed by atoms with Crippen LogP contribution in [0.5, 0.6) is 0 Å². The van der Waals surface area contributed by atoms with E-state index in [-0.39, 0.29) is 12.0 Å². The summed E-state index contributed by atoms with van der Waals surface area (Å²) in [6.45, 7) is 6.32. The molecule has 3 nitrogen and oxygen atoms in total. The molecule has 0 aliphatic heterocycles. The highest BCUT2D eigenvalue weighted by Gasteiger charge is 2.29. The molecular formula is C14H29NO2. The van der Waals surface area contributed by atoms with Gasteiger partial charge in [0.15, 0.2) is 0 Å². The number of nitrogens with one attached hydrogen (secondary N) is 1. The van der Waals surface area contributed by atoms with Gasteiger partial charge >= 0.3 is 0 Å². The minimum atomic E-state index is -0.467. The van der Waals surface area contributed by atoms with Crippen molar-refractivity contribution < 1.29 is 10.2 Å². The third kappa shape index (κ3) is 5.84. The van der Waals surface area contributed by atoms with E-state index in [0.29, 0.717) is 0 Å². The Morgan fingerprint density at radius 2 is 1.82 bits per heavy atom. The van der Waals surface area contributed by atoms with Crippen molar-refractivity contribution >= 4 is 0 Å². The Labute approximate surface area is 106 Å². The van der Waals surface area contributed by atoms with Crippen LogP contribution < -0.4 is 5.32 Å². The predicted octanol–water partition coefficient (Wildman–Crippen LogP) is 2.07. The zero-order chi connectivity index (χ0) is 12.8. The van der Waals surface area contributed by atoms with E-state index in [4.69, 9.17) is 5.11 Å². The van der Waals surface area contributed by atoms with Crippen molar-refractivity contribution in [2.75, 3.05) is 19.7 Å². The summed E-state index contributed by atoms with van der Waals surface area (Å²) in [5.74, 6) is 0. The summed E-state index contributed by atoms with van der Waals surface area (Å²) in [6, 6.07) is 0. The molecule has 0 bridgehead atoms. The first-order chi connectivity index (χ1) is 7.97. The molecule has 0 amide bonds. The summed E-state index contributed by atoms with van der Waals surface area (Å²) < 4.78 is 0. The average molecular weight is 243 g/mol. The quantitative estimate of drug-likeness (QED) is 0.641. The number of aliphatic hydroxyl groups is 2. The normalized spacial score (nSPS) is 20.5. The van der Waals surface area contributed by atoms with Gasteiger partial charge in [-0.25, -0.2) is 0 Å². The maximum absolute atomic E-state index is 10.3. The van der Waals surface area contributed by atoms with Crippen molar-refractivity contribution in [1.82, 2.24) is 5.32 Å². The Morgan fingerprint density at radius 1 is 1.18 bits per heavy atom. The molecule has 0 aromatic heterocycles. The van der Waals surface area contributed by atoms with E-state index >= 15 is 0 Å². The summed E-state index contributed by atoms with van der Waals surface area (Å²) in [6.07, 6.45) is 7.35. The zero-order valence-electron chi connectivity index (χ0n) is 11.5. The number of aliphatic hydroxyl groups excluding tert-OH is 1. The van der Waals surface area contributed by atoms with E-state index in [1.807, 2.05) is 0 Å². The van der Waals surface area contributed by atoms with Crippen LogP contribution in [0, 0.1) is 5.41 Å². The molecule has 17 heavy (non-hydrogen) atoms. The lowest BCUT2D eigenvalue weighted by Gasteiger charge is -2.34. The Kier molecular flexibility index (Phi) is 5.90. The second-order valence-corrected chi connectivity index (χ2v) is 6.38. The van der Waals surface area contributed by atoms with E-state index in [0.717, 1.165) is 51.6 Å². The predicted molar refractivity (Wildman–Crippen MR) is 71.0 cm³/mol. The van der Waals surface area contributed by atoms with Crippen LogP contribution in [-0.4, -0.2) is 35.5 Å². The van der Waals surface area contributed by atoms with Crippen molar-refractivity contribution in [2.24, 2.45) is 5.41 Å². The monoisotopic (exact) mass is 243 g/mol. The van der Waals surface area contributed by atoms with E-state index < -0.39 is 5.60 Å². The van der Waals surface area contributed by atoms with Crippen LogP contribution in [-0.2, 0) is 0 Å². The zero-order valence-corrected chi connectivity index (χ0v) is 11.5. The van der Waals surface area contributed by atoms with Crippen LogP contribution in [0.1, 0.15) is 58.8 Å². The van der Waals surface area contributed by atoms with Crippen LogP contribution in [0.4, 0.5) is 0 Å². The molecule has 3 N–H and O–H groups in total. The molecule has 1 aliphatic rings. The molecule has 0 aromatic carbocycles. The highest BCUT2D eigenvalue weighted by Crippen LogP contribution is 2.28. The molecule has 0 unspecified atom stereocenters. The smallest absolute Gasteiger partial charge is 0.0771 e. The lowest BCUT2D eigenvalue weighted by atomic mass is 9.84. The Balaban J connectivity index is 2.21. The van der Waals surface area contributed by atoms with Crippen molar-refractivity contribution in [1.29, 1.82) is 0 Å². The fourth-order valence-electron chi connectivity index (χ4n) is 2.67. The van der Waals surface area contributed by atoms with Gasteiger partial charge in [0, 0.05) is 19.7 Å². The molecule has 0 spiro atoms. The van der Waals surface area contributed by atoms with E-state index in [2.05, 4.69) is 19.2 Å². The van der Waals surface area contributed by atoms with Gasteiger partial charge in [-0.2, -0.15) is 0 Å². The van der Waals surface area contributed by atoms with Crippen molar-refractivity contribution in [2.45, 2.75) is 64.4 Å². The maximum atomic E-state index is 10.3. The summed E-state index contributed by atoms with van der Waals surface area (Å²) in [4.78, 5) is 0. The van der Waals surface area contributed by atoms with E-state index in [1.165, 1.54) is 6.42 Å².